The van der Waals surface area contributed by atoms with Crippen molar-refractivity contribution in [2.75, 3.05) is 0 Å². The molecule has 3 atom stereocenters. The molecule has 1 amide bonds. The quantitative estimate of drug-likeness (QED) is 0.394. The van der Waals surface area contributed by atoms with Gasteiger partial charge in [-0.1, -0.05) is 45.6 Å². The Morgan fingerprint density at radius 2 is 2.12 bits per heavy atom. The molecular weight excluding hydrogens is 453 g/mol. The fourth-order valence-electron chi connectivity index (χ4n) is 4.99. The van der Waals surface area contributed by atoms with Crippen LogP contribution in [-0.2, 0) is 16.2 Å². The van der Waals surface area contributed by atoms with E-state index >= 15 is 0 Å². The third-order valence-electron chi connectivity index (χ3n) is 6.85. The van der Waals surface area contributed by atoms with E-state index in [-0.39, 0.29) is 0 Å². The van der Waals surface area contributed by atoms with Gasteiger partial charge in [-0.25, -0.2) is 9.78 Å². The molecule has 1 saturated carbocycles. The zero-order valence-electron chi connectivity index (χ0n) is 19.8. The summed E-state index contributed by atoms with van der Waals surface area (Å²) in [5.74, 6) is 0.0586. The molecular formula is C26H32FN3O3S. The van der Waals surface area contributed by atoms with E-state index in [1.165, 1.54) is 24.1 Å². The molecule has 8 heteroatoms. The van der Waals surface area contributed by atoms with Crippen molar-refractivity contribution in [3.05, 3.63) is 52.0 Å². The number of imidazole rings is 1. The van der Waals surface area contributed by atoms with Crippen molar-refractivity contribution in [3.8, 4) is 0 Å². The smallest absolute Gasteiger partial charge is 0.338 e. The lowest BCUT2D eigenvalue weighted by atomic mass is 9.85. The van der Waals surface area contributed by atoms with E-state index in [0.29, 0.717) is 30.4 Å². The molecule has 1 aliphatic carbocycles. The van der Waals surface area contributed by atoms with E-state index in [1.807, 2.05) is 13.0 Å². The van der Waals surface area contributed by atoms with Gasteiger partial charge in [-0.15, -0.1) is 11.3 Å². The van der Waals surface area contributed by atoms with Crippen molar-refractivity contribution in [2.24, 2.45) is 5.92 Å². The van der Waals surface area contributed by atoms with Crippen LogP contribution >= 0.6 is 11.3 Å². The molecule has 3 aromatic rings. The predicted molar refractivity (Wildman–Crippen MR) is 132 cm³/mol. The average Bonchev–Trinajstić information content (AvgIpc) is 3.48. The fraction of sp³-hybridized carbons (Fsp3) is 0.500. The first-order valence-electron chi connectivity index (χ1n) is 12.2. The van der Waals surface area contributed by atoms with Crippen LogP contribution in [0, 0.1) is 5.92 Å². The van der Waals surface area contributed by atoms with Gasteiger partial charge in [0, 0.05) is 27.4 Å². The number of rotatable bonds is 9. The van der Waals surface area contributed by atoms with E-state index in [0.717, 1.165) is 36.1 Å². The maximum atomic E-state index is 12.9. The number of benzene rings is 1. The maximum absolute atomic E-state index is 12.9. The highest BCUT2D eigenvalue weighted by Crippen LogP contribution is 2.37. The first-order valence-corrected chi connectivity index (χ1v) is 13.1. The Labute approximate surface area is 203 Å². The summed E-state index contributed by atoms with van der Waals surface area (Å²) in [5.41, 5.74) is 2.17. The number of unbranched alkanes of at least 4 members (excludes halogenated alkanes) is 1. The summed E-state index contributed by atoms with van der Waals surface area (Å²) in [7, 11) is 0. The Kier molecular flexibility index (Phi) is 7.98. The van der Waals surface area contributed by atoms with Crippen LogP contribution in [0.25, 0.3) is 11.0 Å². The normalized spacial score (nSPS) is 19.1. The molecule has 2 unspecified atom stereocenters. The third kappa shape index (κ3) is 5.32. The molecule has 0 spiro atoms. The Morgan fingerprint density at radius 3 is 2.82 bits per heavy atom. The summed E-state index contributed by atoms with van der Waals surface area (Å²) in [5, 5.41) is 4.70. The van der Waals surface area contributed by atoms with Crippen LogP contribution in [0.5, 0.6) is 0 Å². The predicted octanol–water partition coefficient (Wildman–Crippen LogP) is 6.16. The van der Waals surface area contributed by atoms with E-state index in [2.05, 4.69) is 39.3 Å². The van der Waals surface area contributed by atoms with E-state index in [1.54, 1.807) is 23.5 Å². The highest BCUT2D eigenvalue weighted by molar-refractivity contribution is 7.09. The number of carbonyl (C=O) groups excluding carboxylic acids is 2. The van der Waals surface area contributed by atoms with E-state index < -0.39 is 17.9 Å². The van der Waals surface area contributed by atoms with Gasteiger partial charge in [0.1, 0.15) is 11.9 Å². The van der Waals surface area contributed by atoms with Crippen LogP contribution in [0.3, 0.4) is 0 Å². The van der Waals surface area contributed by atoms with Gasteiger partial charge < -0.3 is 9.88 Å². The maximum Gasteiger partial charge on any atom is 0.370 e. The molecule has 0 aliphatic heterocycles. The second-order valence-corrected chi connectivity index (χ2v) is 10.3. The number of amides is 1. The molecule has 2 heterocycles. The van der Waals surface area contributed by atoms with Crippen LogP contribution < -0.4 is 5.32 Å². The Bertz CT molecular complexity index is 1130. The molecule has 1 aromatic carbocycles. The molecule has 0 radical (unpaired) electrons. The van der Waals surface area contributed by atoms with Gasteiger partial charge in [0.05, 0.1) is 11.0 Å². The fourth-order valence-corrected chi connectivity index (χ4v) is 5.69. The molecule has 4 rings (SSSR count). The standard InChI is InChI=1S/C26H32FN3O3S/c1-3-4-10-20(26(32)33-27)29-25(31)18-12-13-23-21(15-18)28-24(16-19-9-7-14-34-19)30(23)22-11-6-5-8-17(22)2/h7,9,12-15,17,20,22H,3-6,8,10-11,16H2,1-2H3,(H,29,31)/t17?,20-,22?/m0/s1. The van der Waals surface area contributed by atoms with Crippen molar-refractivity contribution >= 4 is 34.2 Å². The molecule has 6 nitrogen and oxygen atoms in total. The minimum Gasteiger partial charge on any atom is -0.338 e. The molecule has 182 valence electrons. The van der Waals surface area contributed by atoms with Crippen LogP contribution in [0.4, 0.5) is 4.53 Å². The van der Waals surface area contributed by atoms with Crippen molar-refractivity contribution in [3.63, 3.8) is 0 Å². The van der Waals surface area contributed by atoms with Crippen molar-refractivity contribution in [1.29, 1.82) is 0 Å². The summed E-state index contributed by atoms with van der Waals surface area (Å²) in [4.78, 5) is 34.3. The van der Waals surface area contributed by atoms with Crippen molar-refractivity contribution in [1.82, 2.24) is 14.9 Å². The molecule has 1 N–H and O–H groups in total. The minimum absolute atomic E-state index is 0.326. The first-order chi connectivity index (χ1) is 16.5. The lowest BCUT2D eigenvalue weighted by Gasteiger charge is -2.31. The summed E-state index contributed by atoms with van der Waals surface area (Å²) in [6, 6.07) is 9.02. The number of nitrogens with zero attached hydrogens (tertiary/aromatic N) is 2. The largest absolute Gasteiger partial charge is 0.370 e. The zero-order chi connectivity index (χ0) is 24.1. The lowest BCUT2D eigenvalue weighted by Crippen LogP contribution is -2.41. The lowest BCUT2D eigenvalue weighted by molar-refractivity contribution is -0.186. The number of carbonyl (C=O) groups is 2. The van der Waals surface area contributed by atoms with Gasteiger partial charge in [-0.3, -0.25) is 9.74 Å². The Hall–Kier alpha value is -2.74. The zero-order valence-corrected chi connectivity index (χ0v) is 20.6. The average molecular weight is 486 g/mol. The number of aromatic nitrogens is 2. The molecule has 34 heavy (non-hydrogen) atoms. The number of halogens is 1. The Morgan fingerprint density at radius 1 is 1.29 bits per heavy atom. The minimum atomic E-state index is -1.07. The first kappa shape index (κ1) is 24.4. The topological polar surface area (TPSA) is 73.2 Å². The van der Waals surface area contributed by atoms with Gasteiger partial charge in [0.2, 0.25) is 0 Å². The van der Waals surface area contributed by atoms with Gasteiger partial charge in [-0.2, -0.15) is 0 Å². The summed E-state index contributed by atoms with van der Waals surface area (Å²) >= 11 is 1.72. The van der Waals surface area contributed by atoms with E-state index in [9.17, 15) is 14.1 Å². The second-order valence-electron chi connectivity index (χ2n) is 9.25. The number of hydrogen-bond donors (Lipinski definition) is 1. The van der Waals surface area contributed by atoms with Crippen LogP contribution in [0.1, 0.15) is 85.9 Å². The summed E-state index contributed by atoms with van der Waals surface area (Å²) in [6.45, 7) is 4.28. The second kappa shape index (κ2) is 11.1. The van der Waals surface area contributed by atoms with Gasteiger partial charge in [0.15, 0.2) is 0 Å². The molecule has 1 fully saturated rings. The molecule has 1 aliphatic rings. The van der Waals surface area contributed by atoms with Crippen LogP contribution in [0.15, 0.2) is 35.7 Å². The Balaban J connectivity index is 1.66. The van der Waals surface area contributed by atoms with Gasteiger partial charge >= 0.3 is 5.97 Å². The number of nitrogens with one attached hydrogen (secondary N) is 1. The molecule has 2 aromatic heterocycles. The highest BCUT2D eigenvalue weighted by Gasteiger charge is 2.28. The number of hydrogen-bond acceptors (Lipinski definition) is 5. The monoisotopic (exact) mass is 485 g/mol. The number of thiophene rings is 1. The van der Waals surface area contributed by atoms with Gasteiger partial charge in [-0.05, 0) is 54.8 Å². The highest BCUT2D eigenvalue weighted by atomic mass is 32.1. The van der Waals surface area contributed by atoms with Crippen molar-refractivity contribution < 1.29 is 19.1 Å². The summed E-state index contributed by atoms with van der Waals surface area (Å²) < 4.78 is 14.9. The van der Waals surface area contributed by atoms with Crippen LogP contribution in [0.2, 0.25) is 0 Å². The summed E-state index contributed by atoms with van der Waals surface area (Å²) in [6.07, 6.45) is 7.36. The van der Waals surface area contributed by atoms with E-state index in [4.69, 9.17) is 4.98 Å². The van der Waals surface area contributed by atoms with Crippen LogP contribution in [-0.4, -0.2) is 27.5 Å². The van der Waals surface area contributed by atoms with Crippen molar-refractivity contribution in [2.45, 2.75) is 77.3 Å². The molecule has 0 bridgehead atoms. The van der Waals surface area contributed by atoms with Gasteiger partial charge in [0.25, 0.3) is 5.91 Å². The third-order valence-corrected chi connectivity index (χ3v) is 7.72. The molecule has 0 saturated heterocycles. The number of fused-ring (bicyclic) bond motifs is 1. The SMILES string of the molecule is CCCC[C@H](NC(=O)c1ccc2c(c1)nc(Cc1cccs1)n2C1CCCCC1C)C(=O)OF.